The summed E-state index contributed by atoms with van der Waals surface area (Å²) in [5.41, 5.74) is 9.59. The molecule has 112 valence electrons. The van der Waals surface area contributed by atoms with Crippen molar-refractivity contribution in [1.82, 2.24) is 9.88 Å². The number of nitrogens with two attached hydrogens (primary N) is 1. The molecule has 0 radical (unpaired) electrons. The number of hydrogen-bond donors (Lipinski definition) is 2. The van der Waals surface area contributed by atoms with Crippen molar-refractivity contribution < 1.29 is 5.11 Å². The molecule has 0 aliphatic heterocycles. The molecular weight excluding hydrogens is 262 g/mol. The van der Waals surface area contributed by atoms with Gasteiger partial charge in [-0.25, -0.2) is 0 Å². The van der Waals surface area contributed by atoms with Crippen molar-refractivity contribution in [3.63, 3.8) is 0 Å². The highest BCUT2D eigenvalue weighted by Crippen LogP contribution is 2.15. The predicted octanol–water partition coefficient (Wildman–Crippen LogP) is 2.01. The first-order valence-electron chi connectivity index (χ1n) is 7.16. The van der Waals surface area contributed by atoms with Gasteiger partial charge in [-0.2, -0.15) is 0 Å². The van der Waals surface area contributed by atoms with Gasteiger partial charge in [-0.1, -0.05) is 30.3 Å². The number of aliphatic hydroxyl groups is 1. The summed E-state index contributed by atoms with van der Waals surface area (Å²) in [6.45, 7) is 3.80. The van der Waals surface area contributed by atoms with E-state index in [9.17, 15) is 5.11 Å². The molecule has 4 heteroatoms. The quantitative estimate of drug-likeness (QED) is 0.852. The minimum Gasteiger partial charge on any atom is -0.387 e. The van der Waals surface area contributed by atoms with E-state index in [1.807, 2.05) is 56.4 Å². The monoisotopic (exact) mass is 285 g/mol. The van der Waals surface area contributed by atoms with Crippen LogP contribution in [0.5, 0.6) is 0 Å². The number of aromatic nitrogens is 1. The Hall–Kier alpha value is -1.75. The van der Waals surface area contributed by atoms with Crippen LogP contribution in [-0.2, 0) is 13.1 Å². The lowest BCUT2D eigenvalue weighted by molar-refractivity contribution is 0.123. The van der Waals surface area contributed by atoms with Crippen molar-refractivity contribution in [2.45, 2.75) is 26.1 Å². The molecule has 2 aromatic rings. The second kappa shape index (κ2) is 7.31. The SMILES string of the molecule is Cc1cccc(CN(C)CC(O)c2ccc(CN)cc2)n1. The average molecular weight is 285 g/mol. The van der Waals surface area contributed by atoms with E-state index in [4.69, 9.17) is 5.73 Å². The van der Waals surface area contributed by atoms with Crippen LogP contribution in [0, 0.1) is 6.92 Å². The molecule has 1 atom stereocenters. The first-order valence-corrected chi connectivity index (χ1v) is 7.16. The summed E-state index contributed by atoms with van der Waals surface area (Å²) >= 11 is 0. The van der Waals surface area contributed by atoms with Gasteiger partial charge >= 0.3 is 0 Å². The minimum absolute atomic E-state index is 0.508. The summed E-state index contributed by atoms with van der Waals surface area (Å²) in [5, 5.41) is 10.3. The molecule has 4 nitrogen and oxygen atoms in total. The summed E-state index contributed by atoms with van der Waals surface area (Å²) in [6.07, 6.45) is -0.508. The number of rotatable bonds is 6. The molecule has 1 unspecified atom stereocenters. The van der Waals surface area contributed by atoms with Gasteiger partial charge in [0.1, 0.15) is 0 Å². The zero-order chi connectivity index (χ0) is 15.2. The topological polar surface area (TPSA) is 62.4 Å². The molecule has 0 bridgehead atoms. The second-order valence-electron chi connectivity index (χ2n) is 5.43. The molecule has 0 fully saturated rings. The number of likely N-dealkylation sites (N-methyl/N-ethyl adjacent to an activating group) is 1. The van der Waals surface area contributed by atoms with Crippen molar-refractivity contribution >= 4 is 0 Å². The largest absolute Gasteiger partial charge is 0.387 e. The number of aliphatic hydroxyl groups excluding tert-OH is 1. The molecule has 1 aromatic carbocycles. The molecular formula is C17H23N3O. The standard InChI is InChI=1S/C17H23N3O/c1-13-4-3-5-16(19-13)11-20(2)12-17(21)15-8-6-14(10-18)7-9-15/h3-9,17,21H,10-12,18H2,1-2H3. The molecule has 0 aliphatic carbocycles. The Labute approximate surface area is 126 Å². The van der Waals surface area contributed by atoms with Crippen LogP contribution in [0.4, 0.5) is 0 Å². The van der Waals surface area contributed by atoms with Crippen molar-refractivity contribution in [1.29, 1.82) is 0 Å². The summed E-state index contributed by atoms with van der Waals surface area (Å²) in [4.78, 5) is 6.55. The van der Waals surface area contributed by atoms with Crippen LogP contribution in [0.3, 0.4) is 0 Å². The van der Waals surface area contributed by atoms with Gasteiger partial charge in [0.15, 0.2) is 0 Å². The summed E-state index contributed by atoms with van der Waals surface area (Å²) in [7, 11) is 1.99. The second-order valence-corrected chi connectivity index (χ2v) is 5.43. The fourth-order valence-electron chi connectivity index (χ4n) is 2.31. The number of aryl methyl sites for hydroxylation is 1. The molecule has 0 spiro atoms. The Balaban J connectivity index is 1.93. The van der Waals surface area contributed by atoms with Crippen LogP contribution in [0.1, 0.15) is 28.6 Å². The third-order valence-electron chi connectivity index (χ3n) is 3.46. The molecule has 1 aromatic heterocycles. The van der Waals surface area contributed by atoms with Crippen molar-refractivity contribution in [2.75, 3.05) is 13.6 Å². The number of pyridine rings is 1. The first-order chi connectivity index (χ1) is 10.1. The molecule has 0 amide bonds. The molecule has 21 heavy (non-hydrogen) atoms. The van der Waals surface area contributed by atoms with Crippen LogP contribution in [0.2, 0.25) is 0 Å². The van der Waals surface area contributed by atoms with Gasteiger partial charge in [0, 0.05) is 25.3 Å². The van der Waals surface area contributed by atoms with Gasteiger partial charge in [-0.05, 0) is 37.2 Å². The van der Waals surface area contributed by atoms with Crippen molar-refractivity contribution in [3.05, 3.63) is 65.0 Å². The van der Waals surface area contributed by atoms with Gasteiger partial charge in [-0.15, -0.1) is 0 Å². The van der Waals surface area contributed by atoms with E-state index >= 15 is 0 Å². The van der Waals surface area contributed by atoms with E-state index in [1.54, 1.807) is 0 Å². The molecule has 1 heterocycles. The van der Waals surface area contributed by atoms with Crippen LogP contribution in [0.25, 0.3) is 0 Å². The Bertz CT molecular complexity index is 569. The average Bonchev–Trinajstić information content (AvgIpc) is 2.47. The van der Waals surface area contributed by atoms with E-state index < -0.39 is 6.10 Å². The zero-order valence-electron chi connectivity index (χ0n) is 12.7. The van der Waals surface area contributed by atoms with Gasteiger partial charge in [0.05, 0.1) is 11.8 Å². The number of hydrogen-bond acceptors (Lipinski definition) is 4. The third kappa shape index (κ3) is 4.63. The lowest BCUT2D eigenvalue weighted by Crippen LogP contribution is -2.24. The van der Waals surface area contributed by atoms with E-state index in [1.165, 1.54) is 0 Å². The Kier molecular flexibility index (Phi) is 5.44. The normalized spacial score (nSPS) is 12.6. The van der Waals surface area contributed by atoms with Crippen molar-refractivity contribution in [3.8, 4) is 0 Å². The lowest BCUT2D eigenvalue weighted by atomic mass is 10.1. The van der Waals surface area contributed by atoms with E-state index in [-0.39, 0.29) is 0 Å². The van der Waals surface area contributed by atoms with Crippen LogP contribution >= 0.6 is 0 Å². The Morgan fingerprint density at radius 3 is 2.52 bits per heavy atom. The van der Waals surface area contributed by atoms with E-state index in [2.05, 4.69) is 9.88 Å². The summed E-state index contributed by atoms with van der Waals surface area (Å²) in [5.74, 6) is 0. The molecule has 0 saturated carbocycles. The summed E-state index contributed by atoms with van der Waals surface area (Å²) < 4.78 is 0. The van der Waals surface area contributed by atoms with Gasteiger partial charge in [0.2, 0.25) is 0 Å². The highest BCUT2D eigenvalue weighted by atomic mass is 16.3. The van der Waals surface area contributed by atoms with E-state index in [0.29, 0.717) is 13.1 Å². The molecule has 0 saturated heterocycles. The minimum atomic E-state index is -0.508. The van der Waals surface area contributed by atoms with Gasteiger partial charge in [-0.3, -0.25) is 9.88 Å². The molecule has 0 aliphatic rings. The maximum absolute atomic E-state index is 10.3. The fourth-order valence-corrected chi connectivity index (χ4v) is 2.31. The third-order valence-corrected chi connectivity index (χ3v) is 3.46. The van der Waals surface area contributed by atoms with Crippen LogP contribution in [0.15, 0.2) is 42.5 Å². The van der Waals surface area contributed by atoms with Crippen LogP contribution in [-0.4, -0.2) is 28.6 Å². The smallest absolute Gasteiger partial charge is 0.0916 e. The van der Waals surface area contributed by atoms with Gasteiger partial charge in [0.25, 0.3) is 0 Å². The highest BCUT2D eigenvalue weighted by molar-refractivity contribution is 5.24. The number of benzene rings is 1. The van der Waals surface area contributed by atoms with Crippen LogP contribution < -0.4 is 5.73 Å². The maximum atomic E-state index is 10.3. The molecule has 2 rings (SSSR count). The highest BCUT2D eigenvalue weighted by Gasteiger charge is 2.11. The first kappa shape index (κ1) is 15.6. The predicted molar refractivity (Wildman–Crippen MR) is 84.6 cm³/mol. The maximum Gasteiger partial charge on any atom is 0.0916 e. The molecule has 3 N–H and O–H groups in total. The number of nitrogens with zero attached hydrogens (tertiary/aromatic N) is 2. The zero-order valence-corrected chi connectivity index (χ0v) is 12.7. The summed E-state index contributed by atoms with van der Waals surface area (Å²) in [6, 6.07) is 13.8. The fraction of sp³-hybridized carbons (Fsp3) is 0.353. The van der Waals surface area contributed by atoms with Crippen molar-refractivity contribution in [2.24, 2.45) is 5.73 Å². The van der Waals surface area contributed by atoms with Gasteiger partial charge < -0.3 is 10.8 Å². The Morgan fingerprint density at radius 1 is 1.19 bits per heavy atom. The van der Waals surface area contributed by atoms with E-state index in [0.717, 1.165) is 29.1 Å². The Morgan fingerprint density at radius 2 is 1.90 bits per heavy atom. The lowest BCUT2D eigenvalue weighted by Gasteiger charge is -2.20.